The molecule has 0 amide bonds. The van der Waals surface area contributed by atoms with Crippen LogP contribution in [0, 0.1) is 5.92 Å². The second kappa shape index (κ2) is 6.18. The fourth-order valence-corrected chi connectivity index (χ4v) is 3.73. The molecular weight excluding hydrogens is 293 g/mol. The van der Waals surface area contributed by atoms with Crippen molar-refractivity contribution in [2.24, 2.45) is 5.92 Å². The van der Waals surface area contributed by atoms with Gasteiger partial charge in [-0.25, -0.2) is 0 Å². The molecule has 0 aromatic carbocycles. The van der Waals surface area contributed by atoms with Gasteiger partial charge in [-0.1, -0.05) is 19.8 Å². The van der Waals surface area contributed by atoms with Crippen LogP contribution in [0.4, 0.5) is 13.2 Å². The lowest BCUT2D eigenvalue weighted by Crippen LogP contribution is -2.34. The Morgan fingerprint density at radius 2 is 2.00 bits per heavy atom. The number of rotatable bonds is 3. The van der Waals surface area contributed by atoms with Gasteiger partial charge in [0.2, 0.25) is 0 Å². The molecule has 0 bridgehead atoms. The molecule has 0 spiro atoms. The van der Waals surface area contributed by atoms with E-state index in [0.29, 0.717) is 37.3 Å². The number of nitrogens with one attached hydrogen (secondary N) is 1. The molecule has 3 atom stereocenters. The Labute approximate surface area is 128 Å². The van der Waals surface area contributed by atoms with Gasteiger partial charge in [-0.3, -0.25) is 0 Å². The van der Waals surface area contributed by atoms with Crippen molar-refractivity contribution in [1.82, 2.24) is 20.1 Å². The van der Waals surface area contributed by atoms with Crippen LogP contribution in [0.15, 0.2) is 0 Å². The molecule has 2 heterocycles. The van der Waals surface area contributed by atoms with Crippen LogP contribution < -0.4 is 5.32 Å². The van der Waals surface area contributed by atoms with Gasteiger partial charge in [-0.05, 0) is 31.6 Å². The summed E-state index contributed by atoms with van der Waals surface area (Å²) in [6.45, 7) is 3.35. The number of alkyl halides is 3. The Morgan fingerprint density at radius 3 is 2.73 bits per heavy atom. The van der Waals surface area contributed by atoms with E-state index in [1.165, 1.54) is 12.8 Å². The summed E-state index contributed by atoms with van der Waals surface area (Å²) in [5, 5.41) is 11.3. The quantitative estimate of drug-likeness (QED) is 0.929. The highest BCUT2D eigenvalue weighted by molar-refractivity contribution is 5.07. The third-order valence-electron chi connectivity index (χ3n) is 4.92. The van der Waals surface area contributed by atoms with E-state index in [0.717, 1.165) is 12.8 Å². The van der Waals surface area contributed by atoms with Crippen LogP contribution in [0.5, 0.6) is 0 Å². The summed E-state index contributed by atoms with van der Waals surface area (Å²) in [5.41, 5.74) is 0. The lowest BCUT2D eigenvalue weighted by atomic mass is 9.87. The summed E-state index contributed by atoms with van der Waals surface area (Å²) in [4.78, 5) is 0. The van der Waals surface area contributed by atoms with Crippen molar-refractivity contribution in [3.05, 3.63) is 11.6 Å². The van der Waals surface area contributed by atoms with Gasteiger partial charge < -0.3 is 9.88 Å². The number of fused-ring (bicyclic) bond motifs is 1. The predicted molar refractivity (Wildman–Crippen MR) is 76.3 cm³/mol. The standard InChI is InChI=1S/C15H23F3N4/c1-10-4-2-5-11(8-10)19-9-13-20-21-14-12(15(16,17)18)6-3-7-22(13)14/h10-12,19H,2-9H2,1H3/t10-,11+,12+/m1/s1. The Kier molecular flexibility index (Phi) is 4.43. The van der Waals surface area contributed by atoms with Crippen LogP contribution in [0.1, 0.15) is 63.0 Å². The van der Waals surface area contributed by atoms with Gasteiger partial charge in [-0.2, -0.15) is 13.2 Å². The zero-order chi connectivity index (χ0) is 15.7. The predicted octanol–water partition coefficient (Wildman–Crippen LogP) is 3.39. The van der Waals surface area contributed by atoms with Crippen molar-refractivity contribution in [3.8, 4) is 0 Å². The van der Waals surface area contributed by atoms with Crippen molar-refractivity contribution >= 4 is 0 Å². The average Bonchev–Trinajstić information content (AvgIpc) is 2.87. The largest absolute Gasteiger partial charge is 0.398 e. The third kappa shape index (κ3) is 3.29. The van der Waals surface area contributed by atoms with Crippen LogP contribution in [0.2, 0.25) is 0 Å². The minimum absolute atomic E-state index is 0.0903. The molecule has 0 saturated heterocycles. The zero-order valence-electron chi connectivity index (χ0n) is 12.9. The molecule has 0 radical (unpaired) electrons. The molecular formula is C15H23F3N4. The summed E-state index contributed by atoms with van der Waals surface area (Å²) >= 11 is 0. The SMILES string of the molecule is C[C@@H]1CCC[C@H](NCc2nnc3n2CCC[C@@H]3C(F)(F)F)C1. The summed E-state index contributed by atoms with van der Waals surface area (Å²) in [5.74, 6) is -0.0138. The molecule has 4 nitrogen and oxygen atoms in total. The molecule has 1 saturated carbocycles. The summed E-state index contributed by atoms with van der Waals surface area (Å²) in [6.07, 6.45) is 1.17. The third-order valence-corrected chi connectivity index (χ3v) is 4.92. The van der Waals surface area contributed by atoms with Crippen LogP contribution >= 0.6 is 0 Å². The van der Waals surface area contributed by atoms with E-state index < -0.39 is 12.1 Å². The summed E-state index contributed by atoms with van der Waals surface area (Å²) in [7, 11) is 0. The van der Waals surface area contributed by atoms with E-state index in [1.54, 1.807) is 4.57 Å². The first-order valence-electron chi connectivity index (χ1n) is 8.17. The molecule has 1 aromatic rings. The minimum atomic E-state index is -4.23. The Hall–Kier alpha value is -1.11. The fraction of sp³-hybridized carbons (Fsp3) is 0.867. The molecule has 1 N–H and O–H groups in total. The topological polar surface area (TPSA) is 42.7 Å². The number of hydrogen-bond donors (Lipinski definition) is 1. The van der Waals surface area contributed by atoms with Crippen LogP contribution in [-0.4, -0.2) is 27.0 Å². The van der Waals surface area contributed by atoms with Gasteiger partial charge >= 0.3 is 6.18 Å². The lowest BCUT2D eigenvalue weighted by molar-refractivity contribution is -0.156. The molecule has 0 unspecified atom stereocenters. The number of halogens is 3. The monoisotopic (exact) mass is 316 g/mol. The number of nitrogens with zero attached hydrogens (tertiary/aromatic N) is 3. The lowest BCUT2D eigenvalue weighted by Gasteiger charge is -2.28. The molecule has 1 aliphatic carbocycles. The second-order valence-electron chi connectivity index (χ2n) is 6.71. The van der Waals surface area contributed by atoms with Gasteiger partial charge in [-0.15, -0.1) is 10.2 Å². The summed E-state index contributed by atoms with van der Waals surface area (Å²) in [6, 6.07) is 0.443. The van der Waals surface area contributed by atoms with E-state index in [2.05, 4.69) is 22.4 Å². The van der Waals surface area contributed by atoms with Crippen molar-refractivity contribution in [2.75, 3.05) is 0 Å². The highest BCUT2D eigenvalue weighted by Gasteiger charge is 2.45. The number of hydrogen-bond acceptors (Lipinski definition) is 3. The average molecular weight is 316 g/mol. The van der Waals surface area contributed by atoms with E-state index in [-0.39, 0.29) is 12.2 Å². The first kappa shape index (κ1) is 15.8. The van der Waals surface area contributed by atoms with Gasteiger partial charge in [0.15, 0.2) is 0 Å². The van der Waals surface area contributed by atoms with E-state index >= 15 is 0 Å². The molecule has 2 aliphatic rings. The van der Waals surface area contributed by atoms with E-state index in [4.69, 9.17) is 0 Å². The Balaban J connectivity index is 1.67. The highest BCUT2D eigenvalue weighted by Crippen LogP contribution is 2.40. The maximum atomic E-state index is 13.1. The van der Waals surface area contributed by atoms with Crippen molar-refractivity contribution in [2.45, 2.75) is 76.7 Å². The zero-order valence-corrected chi connectivity index (χ0v) is 12.9. The first-order valence-corrected chi connectivity index (χ1v) is 8.17. The molecule has 1 fully saturated rings. The smallest absolute Gasteiger partial charge is 0.313 e. The van der Waals surface area contributed by atoms with Crippen molar-refractivity contribution in [3.63, 3.8) is 0 Å². The molecule has 22 heavy (non-hydrogen) atoms. The maximum Gasteiger partial charge on any atom is 0.398 e. The van der Waals surface area contributed by atoms with Crippen molar-refractivity contribution < 1.29 is 13.2 Å². The molecule has 3 rings (SSSR count). The molecule has 1 aliphatic heterocycles. The Morgan fingerprint density at radius 1 is 1.18 bits per heavy atom. The fourth-order valence-electron chi connectivity index (χ4n) is 3.73. The minimum Gasteiger partial charge on any atom is -0.313 e. The van der Waals surface area contributed by atoms with Gasteiger partial charge in [0.25, 0.3) is 0 Å². The molecule has 1 aromatic heterocycles. The van der Waals surface area contributed by atoms with Gasteiger partial charge in [0.05, 0.1) is 6.54 Å². The Bertz CT molecular complexity index is 511. The van der Waals surface area contributed by atoms with Crippen molar-refractivity contribution in [1.29, 1.82) is 0 Å². The van der Waals surface area contributed by atoms with E-state index in [1.807, 2.05) is 0 Å². The molecule has 124 valence electrons. The highest BCUT2D eigenvalue weighted by atomic mass is 19.4. The molecule has 7 heteroatoms. The van der Waals surface area contributed by atoms with Crippen LogP contribution in [0.3, 0.4) is 0 Å². The van der Waals surface area contributed by atoms with Gasteiger partial charge in [0, 0.05) is 12.6 Å². The normalized spacial score (nSPS) is 29.4. The van der Waals surface area contributed by atoms with Crippen LogP contribution in [0.25, 0.3) is 0 Å². The maximum absolute atomic E-state index is 13.1. The first-order chi connectivity index (χ1) is 10.4. The number of aromatic nitrogens is 3. The van der Waals surface area contributed by atoms with E-state index in [9.17, 15) is 13.2 Å². The second-order valence-corrected chi connectivity index (χ2v) is 6.71. The van der Waals surface area contributed by atoms with Crippen LogP contribution in [-0.2, 0) is 13.1 Å². The van der Waals surface area contributed by atoms with Gasteiger partial charge in [0.1, 0.15) is 17.6 Å². The summed E-state index contributed by atoms with van der Waals surface area (Å²) < 4.78 is 40.8.